The average molecular weight is 1110 g/mol. The van der Waals surface area contributed by atoms with Crippen LogP contribution >= 0.6 is 83.6 Å². The van der Waals surface area contributed by atoms with Gasteiger partial charge in [0.1, 0.15) is 0 Å². The van der Waals surface area contributed by atoms with E-state index in [2.05, 4.69) is 83.6 Å². The van der Waals surface area contributed by atoms with Gasteiger partial charge in [0, 0.05) is 0 Å². The molecule has 12 heteroatoms. The first kappa shape index (κ1) is 32.3. The summed E-state index contributed by atoms with van der Waals surface area (Å²) in [6.07, 6.45) is 6.26. The molecule has 0 saturated carbocycles. The summed E-state index contributed by atoms with van der Waals surface area (Å²) in [5, 5.41) is 12.7. The SMILES string of the molecule is Br[As](Br)Br.Br[As](Br)Br.C1C[Se]CCC[Se]CCC[Se]CCC[Se]C1. The molecule has 0 aromatic carbocycles. The van der Waals surface area contributed by atoms with Crippen LogP contribution in [0.1, 0.15) is 25.7 Å². The number of hydrogen-bond donors (Lipinski definition) is 0. The zero-order chi connectivity index (χ0) is 18.5. The molecule has 0 aromatic heterocycles. The molecular weight excluding hydrogens is 1090 g/mol. The molecule has 148 valence electrons. The molecule has 1 rings (SSSR count). The predicted octanol–water partition coefficient (Wildman–Crippen LogP) is 8.04. The molecule has 0 atom stereocenters. The van der Waals surface area contributed by atoms with Crippen LogP contribution in [-0.2, 0) is 0 Å². The van der Waals surface area contributed by atoms with Crippen molar-refractivity contribution in [2.45, 2.75) is 68.2 Å². The summed E-state index contributed by atoms with van der Waals surface area (Å²) in [5.41, 5.74) is 0. The van der Waals surface area contributed by atoms with Gasteiger partial charge in [0.15, 0.2) is 0 Å². The molecule has 0 N–H and O–H groups in total. The Labute approximate surface area is 225 Å². The van der Waals surface area contributed by atoms with Crippen LogP contribution in [0.3, 0.4) is 0 Å². The second kappa shape index (κ2) is 29.1. The van der Waals surface area contributed by atoms with Gasteiger partial charge in [-0.1, -0.05) is 0 Å². The predicted molar refractivity (Wildman–Crippen MR) is 145 cm³/mol. The summed E-state index contributed by atoms with van der Waals surface area (Å²) >= 11 is 23.5. The van der Waals surface area contributed by atoms with Gasteiger partial charge in [-0.25, -0.2) is 0 Å². The Morgan fingerprint density at radius 1 is 0.375 bits per heavy atom. The summed E-state index contributed by atoms with van der Waals surface area (Å²) < 4.78 is 0. The third-order valence-electron chi connectivity index (χ3n) is 2.31. The fourth-order valence-electron chi connectivity index (χ4n) is 1.46. The minimum atomic E-state index is -0.750. The van der Waals surface area contributed by atoms with E-state index in [0.717, 1.165) is 59.8 Å². The molecule has 0 spiro atoms. The van der Waals surface area contributed by atoms with Gasteiger partial charge < -0.3 is 0 Å². The molecule has 0 radical (unpaired) electrons. The first-order valence-electron chi connectivity index (χ1n) is 7.32. The number of halogens is 6. The minimum absolute atomic E-state index is 0.750. The Morgan fingerprint density at radius 3 is 0.625 bits per heavy atom. The van der Waals surface area contributed by atoms with Crippen molar-refractivity contribution in [1.82, 2.24) is 0 Å². The molecule has 0 aliphatic carbocycles. The van der Waals surface area contributed by atoms with Crippen molar-refractivity contribution < 1.29 is 0 Å². The Bertz CT molecular complexity index is 158. The second-order valence-corrected chi connectivity index (χ2v) is 67.9. The molecule has 0 bridgehead atoms. The standard InChI is InChI=1S/C12H24Se4.2AsBr3/c1-5-13-7-2-9-15-11-4-12-16-10-3-8-14-6-1;2*2-1(3)4/h1-12H2;;. The van der Waals surface area contributed by atoms with Crippen LogP contribution in [0.2, 0.25) is 42.6 Å². The Kier molecular flexibility index (Phi) is 39.1. The van der Waals surface area contributed by atoms with Crippen molar-refractivity contribution in [1.29, 1.82) is 0 Å². The Hall–Kier alpha value is 6.07. The van der Waals surface area contributed by atoms with Crippen molar-refractivity contribution in [3.8, 4) is 0 Å². The van der Waals surface area contributed by atoms with Crippen LogP contribution in [0.4, 0.5) is 0 Å². The molecule has 1 saturated heterocycles. The molecule has 1 aliphatic rings. The van der Waals surface area contributed by atoms with Crippen LogP contribution in [0.15, 0.2) is 0 Å². The molecule has 0 aromatic rings. The summed E-state index contributed by atoms with van der Waals surface area (Å²) in [5.74, 6) is 0. The maximum atomic E-state index is 3.25. The van der Waals surface area contributed by atoms with Crippen LogP contribution in [0.5, 0.6) is 0 Å². The van der Waals surface area contributed by atoms with E-state index in [1.165, 1.54) is 0 Å². The summed E-state index contributed by atoms with van der Waals surface area (Å²) in [4.78, 5) is 0. The van der Waals surface area contributed by atoms with Crippen molar-refractivity contribution >= 4 is 162 Å². The van der Waals surface area contributed by atoms with E-state index in [4.69, 9.17) is 0 Å². The molecule has 0 nitrogen and oxygen atoms in total. The van der Waals surface area contributed by atoms with Crippen molar-refractivity contribution in [2.24, 2.45) is 0 Å². The van der Waals surface area contributed by atoms with E-state index in [1.807, 2.05) is 0 Å². The van der Waals surface area contributed by atoms with E-state index in [0.29, 0.717) is 0 Å². The van der Waals surface area contributed by atoms with Crippen molar-refractivity contribution in [3.63, 3.8) is 0 Å². The zero-order valence-corrected chi connectivity index (χ0v) is 33.4. The number of hydrogen-bond acceptors (Lipinski definition) is 0. The Balaban J connectivity index is 0. The number of rotatable bonds is 0. The van der Waals surface area contributed by atoms with Gasteiger partial charge in [0.05, 0.1) is 0 Å². The van der Waals surface area contributed by atoms with Gasteiger partial charge >= 0.3 is 230 Å². The maximum absolute atomic E-state index is 3.25. The molecule has 24 heavy (non-hydrogen) atoms. The average Bonchev–Trinajstić information content (AvgIpc) is 2.46. The van der Waals surface area contributed by atoms with E-state index < -0.39 is 18.1 Å². The topological polar surface area (TPSA) is 0 Å². The first-order chi connectivity index (χ1) is 11.5. The van der Waals surface area contributed by atoms with E-state index in [9.17, 15) is 0 Å². The van der Waals surface area contributed by atoms with Crippen LogP contribution < -0.4 is 0 Å². The summed E-state index contributed by atoms with van der Waals surface area (Å²) in [6.45, 7) is 0. The van der Waals surface area contributed by atoms with Crippen LogP contribution in [-0.4, -0.2) is 77.9 Å². The monoisotopic (exact) mass is 1110 g/mol. The third kappa shape index (κ3) is 42.2. The second-order valence-electron chi connectivity index (χ2n) is 4.25. The summed E-state index contributed by atoms with van der Waals surface area (Å²) in [6, 6.07) is 0. The summed E-state index contributed by atoms with van der Waals surface area (Å²) in [7, 11) is -1.50. The van der Waals surface area contributed by atoms with Crippen molar-refractivity contribution in [3.05, 3.63) is 0 Å². The molecule has 0 unspecified atom stereocenters. The van der Waals surface area contributed by atoms with E-state index in [1.54, 1.807) is 68.2 Å². The normalized spacial score (nSPS) is 19.0. The first-order valence-corrected chi connectivity index (χ1v) is 43.4. The van der Waals surface area contributed by atoms with Gasteiger partial charge in [-0.05, 0) is 0 Å². The van der Waals surface area contributed by atoms with Gasteiger partial charge in [-0.2, -0.15) is 0 Å². The molecule has 1 fully saturated rings. The van der Waals surface area contributed by atoms with E-state index >= 15 is 0 Å². The van der Waals surface area contributed by atoms with Gasteiger partial charge in [0.2, 0.25) is 0 Å². The van der Waals surface area contributed by atoms with Crippen LogP contribution in [0, 0.1) is 0 Å². The van der Waals surface area contributed by atoms with Gasteiger partial charge in [-0.3, -0.25) is 0 Å². The van der Waals surface area contributed by atoms with Crippen molar-refractivity contribution in [2.75, 3.05) is 0 Å². The molecular formula is C12H24As2Br6Se4. The molecule has 0 amide bonds. The molecule has 1 aliphatic heterocycles. The fraction of sp³-hybridized carbons (Fsp3) is 1.00. The van der Waals surface area contributed by atoms with Gasteiger partial charge in [0.25, 0.3) is 0 Å². The molecule has 1 heterocycles. The zero-order valence-electron chi connectivity index (χ0n) is 13.3. The quantitative estimate of drug-likeness (QED) is 0.216. The fourth-order valence-corrected chi connectivity index (χ4v) is 12.7. The van der Waals surface area contributed by atoms with Crippen LogP contribution in [0.25, 0.3) is 0 Å². The Morgan fingerprint density at radius 2 is 0.500 bits per heavy atom. The van der Waals surface area contributed by atoms with E-state index in [-0.39, 0.29) is 0 Å². The van der Waals surface area contributed by atoms with Gasteiger partial charge in [-0.15, -0.1) is 0 Å². The third-order valence-corrected chi connectivity index (χ3v) is 12.0.